The van der Waals surface area contributed by atoms with Gasteiger partial charge in [-0.25, -0.2) is 4.79 Å². The van der Waals surface area contributed by atoms with Crippen LogP contribution in [0.3, 0.4) is 0 Å². The molecular formula is C11H21NO3. The van der Waals surface area contributed by atoms with Crippen molar-refractivity contribution in [3.05, 3.63) is 12.7 Å². The van der Waals surface area contributed by atoms with E-state index in [4.69, 9.17) is 9.47 Å². The molecule has 0 radical (unpaired) electrons. The molecule has 0 spiro atoms. The standard InChI is InChI=1S/C11H21NO3/c1-5-8-14-9-6-7-12-10(13)15-11(2,3)4/h5H,1,6-9H2,2-4H3,(H,12,13). The second-order valence-corrected chi connectivity index (χ2v) is 4.15. The third-order valence-corrected chi connectivity index (χ3v) is 1.37. The summed E-state index contributed by atoms with van der Waals surface area (Å²) in [6, 6.07) is 0. The molecule has 1 N–H and O–H groups in total. The van der Waals surface area contributed by atoms with Crippen LogP contribution in [0.4, 0.5) is 4.79 Å². The molecule has 0 atom stereocenters. The average molecular weight is 215 g/mol. The number of carbonyl (C=O) groups is 1. The van der Waals surface area contributed by atoms with Crippen molar-refractivity contribution in [3.63, 3.8) is 0 Å². The highest BCUT2D eigenvalue weighted by molar-refractivity contribution is 5.67. The number of carbonyl (C=O) groups excluding carboxylic acids is 1. The fourth-order valence-corrected chi connectivity index (χ4v) is 0.846. The van der Waals surface area contributed by atoms with Gasteiger partial charge < -0.3 is 14.8 Å². The van der Waals surface area contributed by atoms with Crippen LogP contribution >= 0.6 is 0 Å². The van der Waals surface area contributed by atoms with Crippen molar-refractivity contribution >= 4 is 6.09 Å². The largest absolute Gasteiger partial charge is 0.444 e. The lowest BCUT2D eigenvalue weighted by Gasteiger charge is -2.19. The van der Waals surface area contributed by atoms with E-state index in [0.29, 0.717) is 19.8 Å². The van der Waals surface area contributed by atoms with Gasteiger partial charge >= 0.3 is 6.09 Å². The number of ether oxygens (including phenoxy) is 2. The second-order valence-electron chi connectivity index (χ2n) is 4.15. The molecule has 0 aliphatic heterocycles. The molecular weight excluding hydrogens is 194 g/mol. The summed E-state index contributed by atoms with van der Waals surface area (Å²) in [7, 11) is 0. The first-order valence-corrected chi connectivity index (χ1v) is 5.11. The third kappa shape index (κ3) is 10.9. The Morgan fingerprint density at radius 3 is 2.67 bits per heavy atom. The molecule has 0 aromatic carbocycles. The van der Waals surface area contributed by atoms with E-state index in [9.17, 15) is 4.79 Å². The normalized spacial score (nSPS) is 10.9. The van der Waals surface area contributed by atoms with Gasteiger partial charge in [-0.05, 0) is 27.2 Å². The van der Waals surface area contributed by atoms with E-state index in [1.807, 2.05) is 20.8 Å². The van der Waals surface area contributed by atoms with Gasteiger partial charge in [-0.1, -0.05) is 6.08 Å². The van der Waals surface area contributed by atoms with Gasteiger partial charge in [0.25, 0.3) is 0 Å². The molecule has 0 fully saturated rings. The Balaban J connectivity index is 3.36. The van der Waals surface area contributed by atoms with Crippen molar-refractivity contribution in [1.82, 2.24) is 5.32 Å². The highest BCUT2D eigenvalue weighted by Crippen LogP contribution is 2.06. The summed E-state index contributed by atoms with van der Waals surface area (Å²) in [5, 5.41) is 2.65. The van der Waals surface area contributed by atoms with Crippen LogP contribution in [-0.4, -0.2) is 31.5 Å². The van der Waals surface area contributed by atoms with Crippen LogP contribution in [0.5, 0.6) is 0 Å². The molecule has 0 saturated heterocycles. The summed E-state index contributed by atoms with van der Waals surface area (Å²) in [6.07, 6.45) is 2.08. The highest BCUT2D eigenvalue weighted by atomic mass is 16.6. The maximum atomic E-state index is 11.2. The molecule has 4 heteroatoms. The van der Waals surface area contributed by atoms with Crippen molar-refractivity contribution in [2.75, 3.05) is 19.8 Å². The molecule has 0 rings (SSSR count). The Kier molecular flexibility index (Phi) is 6.79. The molecule has 0 heterocycles. The molecule has 1 amide bonds. The van der Waals surface area contributed by atoms with E-state index in [-0.39, 0.29) is 6.09 Å². The van der Waals surface area contributed by atoms with Crippen molar-refractivity contribution < 1.29 is 14.3 Å². The molecule has 4 nitrogen and oxygen atoms in total. The third-order valence-electron chi connectivity index (χ3n) is 1.37. The lowest BCUT2D eigenvalue weighted by atomic mass is 10.2. The fourth-order valence-electron chi connectivity index (χ4n) is 0.846. The molecule has 15 heavy (non-hydrogen) atoms. The number of rotatable bonds is 6. The topological polar surface area (TPSA) is 47.6 Å². The highest BCUT2D eigenvalue weighted by Gasteiger charge is 2.15. The number of hydrogen-bond donors (Lipinski definition) is 1. The van der Waals surface area contributed by atoms with Crippen LogP contribution in [0, 0.1) is 0 Å². The predicted molar refractivity (Wildman–Crippen MR) is 59.9 cm³/mol. The van der Waals surface area contributed by atoms with E-state index < -0.39 is 5.60 Å². The van der Waals surface area contributed by atoms with Gasteiger partial charge in [-0.2, -0.15) is 0 Å². The number of amides is 1. The monoisotopic (exact) mass is 215 g/mol. The molecule has 0 saturated carbocycles. The summed E-state index contributed by atoms with van der Waals surface area (Å²) < 4.78 is 10.2. The van der Waals surface area contributed by atoms with Gasteiger partial charge in [0.1, 0.15) is 5.60 Å². The summed E-state index contributed by atoms with van der Waals surface area (Å²) in [4.78, 5) is 11.2. The Bertz CT molecular complexity index is 196. The van der Waals surface area contributed by atoms with Gasteiger partial charge in [0.15, 0.2) is 0 Å². The van der Waals surface area contributed by atoms with Gasteiger partial charge in [-0.3, -0.25) is 0 Å². The second kappa shape index (κ2) is 7.29. The van der Waals surface area contributed by atoms with Crippen molar-refractivity contribution in [3.8, 4) is 0 Å². The summed E-state index contributed by atoms with van der Waals surface area (Å²) in [5.74, 6) is 0. The molecule has 0 unspecified atom stereocenters. The van der Waals surface area contributed by atoms with Crippen LogP contribution in [0.2, 0.25) is 0 Å². The van der Waals surface area contributed by atoms with Gasteiger partial charge in [0, 0.05) is 13.2 Å². The van der Waals surface area contributed by atoms with E-state index in [0.717, 1.165) is 6.42 Å². The lowest BCUT2D eigenvalue weighted by molar-refractivity contribution is 0.0522. The predicted octanol–water partition coefficient (Wildman–Crippen LogP) is 2.10. The summed E-state index contributed by atoms with van der Waals surface area (Å²) in [5.41, 5.74) is -0.441. The maximum Gasteiger partial charge on any atom is 0.407 e. The molecule has 0 aliphatic carbocycles. The first kappa shape index (κ1) is 14.0. The molecule has 0 aromatic rings. The minimum atomic E-state index is -0.441. The van der Waals surface area contributed by atoms with E-state index in [1.54, 1.807) is 6.08 Å². The molecule has 88 valence electrons. The van der Waals surface area contributed by atoms with Crippen LogP contribution in [0.25, 0.3) is 0 Å². The van der Waals surface area contributed by atoms with Crippen molar-refractivity contribution in [2.24, 2.45) is 0 Å². The summed E-state index contributed by atoms with van der Waals surface area (Å²) in [6.45, 7) is 10.8. The SMILES string of the molecule is C=CCOCCCNC(=O)OC(C)(C)C. The minimum Gasteiger partial charge on any atom is -0.444 e. The first-order chi connectivity index (χ1) is 6.95. The quantitative estimate of drug-likeness (QED) is 0.545. The van der Waals surface area contributed by atoms with Gasteiger partial charge in [0.2, 0.25) is 0 Å². The zero-order valence-electron chi connectivity index (χ0n) is 9.84. The average Bonchev–Trinajstić information content (AvgIpc) is 2.08. The van der Waals surface area contributed by atoms with Crippen LogP contribution in [-0.2, 0) is 9.47 Å². The molecule has 0 aliphatic rings. The number of hydrogen-bond acceptors (Lipinski definition) is 3. The maximum absolute atomic E-state index is 11.2. The Hall–Kier alpha value is -1.03. The Morgan fingerprint density at radius 2 is 2.13 bits per heavy atom. The molecule has 0 aromatic heterocycles. The zero-order chi connectivity index (χ0) is 11.7. The van der Waals surface area contributed by atoms with Gasteiger partial charge in [0.05, 0.1) is 6.61 Å². The van der Waals surface area contributed by atoms with Crippen molar-refractivity contribution in [1.29, 1.82) is 0 Å². The first-order valence-electron chi connectivity index (χ1n) is 5.11. The van der Waals surface area contributed by atoms with Crippen LogP contribution < -0.4 is 5.32 Å². The van der Waals surface area contributed by atoms with E-state index in [2.05, 4.69) is 11.9 Å². The van der Waals surface area contributed by atoms with Gasteiger partial charge in [-0.15, -0.1) is 6.58 Å². The fraction of sp³-hybridized carbons (Fsp3) is 0.727. The Morgan fingerprint density at radius 1 is 1.47 bits per heavy atom. The Labute approximate surface area is 91.6 Å². The van der Waals surface area contributed by atoms with Crippen LogP contribution in [0.15, 0.2) is 12.7 Å². The minimum absolute atomic E-state index is 0.383. The summed E-state index contributed by atoms with van der Waals surface area (Å²) >= 11 is 0. The molecule has 0 bridgehead atoms. The number of nitrogens with one attached hydrogen (secondary N) is 1. The van der Waals surface area contributed by atoms with Crippen molar-refractivity contribution in [2.45, 2.75) is 32.8 Å². The van der Waals surface area contributed by atoms with E-state index >= 15 is 0 Å². The zero-order valence-corrected chi connectivity index (χ0v) is 9.84. The van der Waals surface area contributed by atoms with E-state index in [1.165, 1.54) is 0 Å². The smallest absolute Gasteiger partial charge is 0.407 e. The number of alkyl carbamates (subject to hydrolysis) is 1. The van der Waals surface area contributed by atoms with Crippen LogP contribution in [0.1, 0.15) is 27.2 Å². The lowest BCUT2D eigenvalue weighted by Crippen LogP contribution is -2.33.